The minimum Gasteiger partial charge on any atom is -0.297 e. The number of hydrogen-bond donors (Lipinski definition) is 1. The molecule has 1 N–H and O–H groups in total. The van der Waals surface area contributed by atoms with E-state index in [2.05, 4.69) is 44.8 Å². The normalized spacial score (nSPS) is 15.7. The number of aryl methyl sites for hydroxylation is 2. The van der Waals surface area contributed by atoms with Crippen LogP contribution in [0.4, 0.5) is 0 Å². The highest BCUT2D eigenvalue weighted by atomic mass is 15.3. The Balaban J connectivity index is 1.64. The molecule has 0 aliphatic carbocycles. The Bertz CT molecular complexity index is 540. The molecule has 0 unspecified atom stereocenters. The number of nitrogens with zero attached hydrogens (tertiary/aromatic N) is 4. The third-order valence-corrected chi connectivity index (χ3v) is 3.99. The van der Waals surface area contributed by atoms with E-state index in [1.807, 2.05) is 6.20 Å². The van der Waals surface area contributed by atoms with E-state index in [9.17, 15) is 0 Å². The molecule has 0 aromatic carbocycles. The molecule has 2 aromatic rings. The highest BCUT2D eigenvalue weighted by Crippen LogP contribution is 2.20. The van der Waals surface area contributed by atoms with Crippen molar-refractivity contribution >= 4 is 0 Å². The molecule has 19 heavy (non-hydrogen) atoms. The largest absolute Gasteiger partial charge is 0.297 e. The van der Waals surface area contributed by atoms with Crippen LogP contribution in [0.15, 0.2) is 12.3 Å². The zero-order chi connectivity index (χ0) is 13.2. The maximum absolute atomic E-state index is 4.41. The van der Waals surface area contributed by atoms with E-state index in [1.165, 1.54) is 22.6 Å². The molecule has 5 nitrogen and oxygen atoms in total. The van der Waals surface area contributed by atoms with Gasteiger partial charge in [-0.1, -0.05) is 6.92 Å². The standard InChI is InChI=1S/C14H21N5/c1-3-13-12-10-18(7-5-14(12)17-16-13)8-9-19-11(2)4-6-15-19/h4,6H,3,5,7-10H2,1-2H3,(H,16,17). The van der Waals surface area contributed by atoms with E-state index in [0.717, 1.165) is 39.0 Å². The minimum absolute atomic E-state index is 0.966. The first kappa shape index (κ1) is 12.4. The second-order valence-corrected chi connectivity index (χ2v) is 5.20. The molecule has 5 heteroatoms. The number of hydrogen-bond acceptors (Lipinski definition) is 3. The van der Waals surface area contributed by atoms with Crippen molar-refractivity contribution in [3.8, 4) is 0 Å². The lowest BCUT2D eigenvalue weighted by Crippen LogP contribution is -2.33. The van der Waals surface area contributed by atoms with Gasteiger partial charge in [0.1, 0.15) is 0 Å². The number of H-pyrrole nitrogens is 1. The summed E-state index contributed by atoms with van der Waals surface area (Å²) < 4.78 is 2.08. The van der Waals surface area contributed by atoms with Crippen LogP contribution in [-0.4, -0.2) is 38.0 Å². The molecule has 0 fully saturated rings. The highest BCUT2D eigenvalue weighted by molar-refractivity contribution is 5.27. The minimum atomic E-state index is 0.966. The summed E-state index contributed by atoms with van der Waals surface area (Å²) >= 11 is 0. The zero-order valence-electron chi connectivity index (χ0n) is 11.7. The Morgan fingerprint density at radius 2 is 2.26 bits per heavy atom. The Morgan fingerprint density at radius 3 is 3.00 bits per heavy atom. The summed E-state index contributed by atoms with van der Waals surface area (Å²) in [4.78, 5) is 2.50. The first-order chi connectivity index (χ1) is 9.28. The van der Waals surface area contributed by atoms with Crippen LogP contribution in [0.2, 0.25) is 0 Å². The number of nitrogens with one attached hydrogen (secondary N) is 1. The van der Waals surface area contributed by atoms with Gasteiger partial charge in [0, 0.05) is 49.2 Å². The van der Waals surface area contributed by atoms with Crippen LogP contribution in [-0.2, 0) is 25.9 Å². The molecule has 3 rings (SSSR count). The lowest BCUT2D eigenvalue weighted by Gasteiger charge is -2.27. The van der Waals surface area contributed by atoms with Crippen LogP contribution in [0.3, 0.4) is 0 Å². The molecule has 0 radical (unpaired) electrons. The van der Waals surface area contributed by atoms with Crippen molar-refractivity contribution in [3.05, 3.63) is 34.9 Å². The fourth-order valence-electron chi connectivity index (χ4n) is 2.76. The molecule has 1 aliphatic rings. The van der Waals surface area contributed by atoms with Crippen molar-refractivity contribution < 1.29 is 0 Å². The predicted molar refractivity (Wildman–Crippen MR) is 73.9 cm³/mol. The number of aromatic amines is 1. The van der Waals surface area contributed by atoms with Crippen LogP contribution in [0.1, 0.15) is 29.6 Å². The maximum atomic E-state index is 4.41. The third kappa shape index (κ3) is 2.42. The maximum Gasteiger partial charge on any atom is 0.0667 e. The van der Waals surface area contributed by atoms with Gasteiger partial charge in [-0.2, -0.15) is 10.2 Å². The van der Waals surface area contributed by atoms with Gasteiger partial charge in [-0.3, -0.25) is 14.7 Å². The molecule has 0 bridgehead atoms. The van der Waals surface area contributed by atoms with Gasteiger partial charge in [0.15, 0.2) is 0 Å². The Labute approximate surface area is 113 Å². The number of aromatic nitrogens is 4. The van der Waals surface area contributed by atoms with Crippen molar-refractivity contribution in [2.45, 2.75) is 39.8 Å². The lowest BCUT2D eigenvalue weighted by molar-refractivity contribution is 0.238. The SMILES string of the molecule is CCc1n[nH]c2c1CN(CCn1nccc1C)CC2. The van der Waals surface area contributed by atoms with Gasteiger partial charge in [-0.15, -0.1) is 0 Å². The van der Waals surface area contributed by atoms with E-state index in [1.54, 1.807) is 0 Å². The van der Waals surface area contributed by atoms with Crippen molar-refractivity contribution in [3.63, 3.8) is 0 Å². The average molecular weight is 259 g/mol. The van der Waals surface area contributed by atoms with Crippen molar-refractivity contribution in [2.24, 2.45) is 0 Å². The van der Waals surface area contributed by atoms with Gasteiger partial charge in [0.2, 0.25) is 0 Å². The Kier molecular flexibility index (Phi) is 3.38. The summed E-state index contributed by atoms with van der Waals surface area (Å²) in [7, 11) is 0. The Morgan fingerprint density at radius 1 is 1.37 bits per heavy atom. The molecule has 0 saturated heterocycles. The van der Waals surface area contributed by atoms with Crippen molar-refractivity contribution in [1.82, 2.24) is 24.9 Å². The van der Waals surface area contributed by atoms with E-state index >= 15 is 0 Å². The monoisotopic (exact) mass is 259 g/mol. The lowest BCUT2D eigenvalue weighted by atomic mass is 10.0. The fourth-order valence-corrected chi connectivity index (χ4v) is 2.76. The van der Waals surface area contributed by atoms with E-state index in [-0.39, 0.29) is 0 Å². The molecule has 0 atom stereocenters. The second-order valence-electron chi connectivity index (χ2n) is 5.20. The van der Waals surface area contributed by atoms with Crippen LogP contribution < -0.4 is 0 Å². The van der Waals surface area contributed by atoms with E-state index < -0.39 is 0 Å². The number of fused-ring (bicyclic) bond motifs is 1. The second kappa shape index (κ2) is 5.17. The molecule has 0 amide bonds. The van der Waals surface area contributed by atoms with Crippen LogP contribution in [0, 0.1) is 6.92 Å². The number of rotatable bonds is 4. The van der Waals surface area contributed by atoms with Crippen LogP contribution in [0.5, 0.6) is 0 Å². The van der Waals surface area contributed by atoms with Crippen molar-refractivity contribution in [2.75, 3.05) is 13.1 Å². The molecule has 0 spiro atoms. The Hall–Kier alpha value is -1.62. The molecular weight excluding hydrogens is 238 g/mol. The summed E-state index contributed by atoms with van der Waals surface area (Å²) in [5.74, 6) is 0. The summed E-state index contributed by atoms with van der Waals surface area (Å²) in [6.07, 6.45) is 3.97. The fraction of sp³-hybridized carbons (Fsp3) is 0.571. The molecular formula is C14H21N5. The smallest absolute Gasteiger partial charge is 0.0667 e. The molecule has 0 saturated carbocycles. The highest BCUT2D eigenvalue weighted by Gasteiger charge is 2.20. The van der Waals surface area contributed by atoms with E-state index in [4.69, 9.17) is 0 Å². The first-order valence-electron chi connectivity index (χ1n) is 7.03. The molecule has 3 heterocycles. The first-order valence-corrected chi connectivity index (χ1v) is 7.03. The van der Waals surface area contributed by atoms with Gasteiger partial charge in [-0.05, 0) is 19.4 Å². The molecule has 1 aliphatic heterocycles. The van der Waals surface area contributed by atoms with Crippen molar-refractivity contribution in [1.29, 1.82) is 0 Å². The quantitative estimate of drug-likeness (QED) is 0.906. The van der Waals surface area contributed by atoms with Gasteiger partial charge in [0.25, 0.3) is 0 Å². The molecule has 102 valence electrons. The van der Waals surface area contributed by atoms with E-state index in [0.29, 0.717) is 0 Å². The zero-order valence-corrected chi connectivity index (χ0v) is 11.7. The average Bonchev–Trinajstić information content (AvgIpc) is 3.02. The topological polar surface area (TPSA) is 49.7 Å². The van der Waals surface area contributed by atoms with Gasteiger partial charge in [0.05, 0.1) is 12.2 Å². The van der Waals surface area contributed by atoms with Crippen LogP contribution in [0.25, 0.3) is 0 Å². The summed E-state index contributed by atoms with van der Waals surface area (Å²) in [5.41, 5.74) is 5.22. The predicted octanol–water partition coefficient (Wildman–Crippen LogP) is 1.54. The summed E-state index contributed by atoms with van der Waals surface area (Å²) in [5, 5.41) is 11.9. The van der Waals surface area contributed by atoms with Crippen LogP contribution >= 0.6 is 0 Å². The van der Waals surface area contributed by atoms with Gasteiger partial charge >= 0.3 is 0 Å². The third-order valence-electron chi connectivity index (χ3n) is 3.99. The summed E-state index contributed by atoms with van der Waals surface area (Å²) in [6.45, 7) is 8.42. The van der Waals surface area contributed by atoms with Gasteiger partial charge < -0.3 is 0 Å². The van der Waals surface area contributed by atoms with Gasteiger partial charge in [-0.25, -0.2) is 0 Å². The molecule has 2 aromatic heterocycles. The summed E-state index contributed by atoms with van der Waals surface area (Å²) in [6, 6.07) is 2.06.